The van der Waals surface area contributed by atoms with Gasteiger partial charge in [-0.15, -0.1) is 0 Å². The maximum Gasteiger partial charge on any atom is 0.260 e. The van der Waals surface area contributed by atoms with Crippen molar-refractivity contribution in [2.45, 2.75) is 6.92 Å². The molecule has 0 unspecified atom stereocenters. The number of hydrogen-bond donors (Lipinski definition) is 1. The van der Waals surface area contributed by atoms with Crippen LogP contribution >= 0.6 is 11.6 Å². The number of anilines is 1. The first kappa shape index (κ1) is 14.5. The number of carbonyl (C=O) groups excluding carboxylic acids is 1. The van der Waals surface area contributed by atoms with Gasteiger partial charge in [-0.25, -0.2) is 0 Å². The Labute approximate surface area is 133 Å². The van der Waals surface area contributed by atoms with Gasteiger partial charge in [-0.2, -0.15) is 0 Å². The molecule has 0 radical (unpaired) electrons. The summed E-state index contributed by atoms with van der Waals surface area (Å²) in [6.45, 7) is 3.09. The summed E-state index contributed by atoms with van der Waals surface area (Å²) in [6, 6.07) is 9.09. The zero-order chi connectivity index (χ0) is 15.5. The molecule has 0 fully saturated rings. The van der Waals surface area contributed by atoms with Gasteiger partial charge in [0.1, 0.15) is 0 Å². The third kappa shape index (κ3) is 2.94. The molecule has 5 nitrogen and oxygen atoms in total. The number of aryl methyl sites for hydroxylation is 1. The van der Waals surface area contributed by atoms with Crippen molar-refractivity contribution in [3.05, 3.63) is 58.9 Å². The van der Waals surface area contributed by atoms with Crippen molar-refractivity contribution >= 4 is 29.2 Å². The predicted octanol–water partition coefficient (Wildman–Crippen LogP) is 2.97. The third-order valence-electron chi connectivity index (χ3n) is 3.38. The lowest BCUT2D eigenvalue weighted by molar-refractivity contribution is 0.0857. The molecule has 112 valence electrons. The Balaban J connectivity index is 1.80. The fraction of sp³-hybridized carbons (Fsp3) is 0.188. The largest absolute Gasteiger partial charge is 0.324 e. The normalized spacial score (nSPS) is 13.9. The highest BCUT2D eigenvalue weighted by Crippen LogP contribution is 2.24. The van der Waals surface area contributed by atoms with E-state index in [-0.39, 0.29) is 5.91 Å². The van der Waals surface area contributed by atoms with Crippen LogP contribution in [0.1, 0.15) is 15.9 Å². The number of guanidine groups is 1. The number of pyridine rings is 1. The number of amides is 1. The lowest BCUT2D eigenvalue weighted by atomic mass is 10.2. The van der Waals surface area contributed by atoms with Crippen LogP contribution in [0.5, 0.6) is 0 Å². The van der Waals surface area contributed by atoms with Crippen LogP contribution in [-0.2, 0) is 0 Å². The summed E-state index contributed by atoms with van der Waals surface area (Å²) in [4.78, 5) is 22.4. The zero-order valence-corrected chi connectivity index (χ0v) is 12.8. The van der Waals surface area contributed by atoms with Gasteiger partial charge in [0, 0.05) is 24.5 Å². The Hall–Kier alpha value is -2.40. The van der Waals surface area contributed by atoms with E-state index < -0.39 is 0 Å². The number of nitrogens with one attached hydrogen (secondary N) is 1. The lowest BCUT2D eigenvalue weighted by Gasteiger charge is -2.20. The minimum atomic E-state index is -0.102. The van der Waals surface area contributed by atoms with E-state index in [0.29, 0.717) is 29.6 Å². The van der Waals surface area contributed by atoms with Crippen LogP contribution in [0.15, 0.2) is 47.7 Å². The molecule has 3 rings (SSSR count). The van der Waals surface area contributed by atoms with Crippen molar-refractivity contribution in [1.29, 1.82) is 0 Å². The molecule has 1 aromatic heterocycles. The smallest absolute Gasteiger partial charge is 0.260 e. The van der Waals surface area contributed by atoms with Gasteiger partial charge in [-0.1, -0.05) is 17.7 Å². The second-order valence-electron chi connectivity index (χ2n) is 5.01. The van der Waals surface area contributed by atoms with Gasteiger partial charge < -0.3 is 5.32 Å². The Morgan fingerprint density at radius 2 is 2.05 bits per heavy atom. The first-order chi connectivity index (χ1) is 10.6. The van der Waals surface area contributed by atoms with Crippen molar-refractivity contribution in [2.24, 2.45) is 4.99 Å². The molecular formula is C16H15ClN4O. The van der Waals surface area contributed by atoms with E-state index in [1.54, 1.807) is 29.4 Å². The average Bonchev–Trinajstić information content (AvgIpc) is 2.98. The van der Waals surface area contributed by atoms with Crippen LogP contribution in [0.2, 0.25) is 5.02 Å². The molecule has 1 aromatic carbocycles. The number of benzene rings is 1. The van der Waals surface area contributed by atoms with Crippen molar-refractivity contribution in [1.82, 2.24) is 9.88 Å². The Bertz CT molecular complexity index is 730. The number of rotatable bonds is 2. The van der Waals surface area contributed by atoms with Gasteiger partial charge in [0.15, 0.2) is 0 Å². The van der Waals surface area contributed by atoms with Crippen molar-refractivity contribution < 1.29 is 4.79 Å². The molecule has 0 saturated carbocycles. The Morgan fingerprint density at radius 3 is 2.77 bits per heavy atom. The third-order valence-corrected chi connectivity index (χ3v) is 3.70. The summed E-state index contributed by atoms with van der Waals surface area (Å²) in [7, 11) is 0. The van der Waals surface area contributed by atoms with E-state index in [1.165, 1.54) is 0 Å². The van der Waals surface area contributed by atoms with E-state index in [9.17, 15) is 4.79 Å². The van der Waals surface area contributed by atoms with Crippen LogP contribution in [0.25, 0.3) is 0 Å². The lowest BCUT2D eigenvalue weighted by Crippen LogP contribution is -2.38. The van der Waals surface area contributed by atoms with Crippen molar-refractivity contribution in [2.75, 3.05) is 18.4 Å². The monoisotopic (exact) mass is 314 g/mol. The molecule has 1 amide bonds. The van der Waals surface area contributed by atoms with Crippen LogP contribution in [-0.4, -0.2) is 34.8 Å². The molecule has 2 aromatic rings. The summed E-state index contributed by atoms with van der Waals surface area (Å²) in [5, 5.41) is 3.75. The van der Waals surface area contributed by atoms with Crippen molar-refractivity contribution in [3.8, 4) is 0 Å². The Morgan fingerprint density at radius 1 is 1.27 bits per heavy atom. The SMILES string of the molecule is Cc1ccc(NC2=NCCN2C(=O)c2ccncc2)c(Cl)c1. The second kappa shape index (κ2) is 6.15. The maximum absolute atomic E-state index is 12.5. The first-order valence-corrected chi connectivity index (χ1v) is 7.32. The molecule has 0 spiro atoms. The predicted molar refractivity (Wildman–Crippen MR) is 87.4 cm³/mol. The highest BCUT2D eigenvalue weighted by atomic mass is 35.5. The second-order valence-corrected chi connectivity index (χ2v) is 5.41. The number of hydrogen-bond acceptors (Lipinski definition) is 4. The number of halogens is 1. The molecule has 0 saturated heterocycles. The minimum absolute atomic E-state index is 0.102. The van der Waals surface area contributed by atoms with E-state index in [2.05, 4.69) is 15.3 Å². The van der Waals surface area contributed by atoms with Gasteiger partial charge in [0.2, 0.25) is 5.96 Å². The topological polar surface area (TPSA) is 57.6 Å². The zero-order valence-electron chi connectivity index (χ0n) is 12.1. The van der Waals surface area contributed by atoms with Gasteiger partial charge in [0.25, 0.3) is 5.91 Å². The molecule has 1 aliphatic rings. The average molecular weight is 315 g/mol. The summed E-state index contributed by atoms with van der Waals surface area (Å²) >= 11 is 6.22. The van der Waals surface area contributed by atoms with E-state index in [4.69, 9.17) is 11.6 Å². The fourth-order valence-electron chi connectivity index (χ4n) is 2.24. The van der Waals surface area contributed by atoms with E-state index >= 15 is 0 Å². The summed E-state index contributed by atoms with van der Waals surface area (Å²) in [5.41, 5.74) is 2.40. The molecule has 22 heavy (non-hydrogen) atoms. The number of carbonyl (C=O) groups is 1. The fourth-order valence-corrected chi connectivity index (χ4v) is 2.53. The summed E-state index contributed by atoms with van der Waals surface area (Å²) in [6.07, 6.45) is 3.20. The molecule has 6 heteroatoms. The van der Waals surface area contributed by atoms with Crippen LogP contribution in [0, 0.1) is 6.92 Å². The van der Waals surface area contributed by atoms with Gasteiger partial charge in [-0.3, -0.25) is 19.7 Å². The highest BCUT2D eigenvalue weighted by Gasteiger charge is 2.25. The summed E-state index contributed by atoms with van der Waals surface area (Å²) < 4.78 is 0. The van der Waals surface area contributed by atoms with Crippen LogP contribution in [0.3, 0.4) is 0 Å². The van der Waals surface area contributed by atoms with Gasteiger partial charge in [-0.05, 0) is 36.8 Å². The van der Waals surface area contributed by atoms with Crippen LogP contribution < -0.4 is 5.32 Å². The number of aliphatic imine (C=N–C) groups is 1. The van der Waals surface area contributed by atoms with E-state index in [1.807, 2.05) is 25.1 Å². The highest BCUT2D eigenvalue weighted by molar-refractivity contribution is 6.34. The quantitative estimate of drug-likeness (QED) is 0.927. The van der Waals surface area contributed by atoms with Crippen LogP contribution in [0.4, 0.5) is 5.69 Å². The minimum Gasteiger partial charge on any atom is -0.324 e. The maximum atomic E-state index is 12.5. The standard InChI is InChI=1S/C16H15ClN4O/c1-11-2-3-14(13(17)10-11)20-16-19-8-9-21(16)15(22)12-4-6-18-7-5-12/h2-7,10H,8-9H2,1H3,(H,19,20). The number of nitrogens with zero attached hydrogens (tertiary/aromatic N) is 3. The molecule has 1 aliphatic heterocycles. The van der Waals surface area contributed by atoms with E-state index in [0.717, 1.165) is 11.3 Å². The molecule has 0 aliphatic carbocycles. The van der Waals surface area contributed by atoms with Gasteiger partial charge in [0.05, 0.1) is 17.3 Å². The molecular weight excluding hydrogens is 300 g/mol. The number of aromatic nitrogens is 1. The van der Waals surface area contributed by atoms with Crippen molar-refractivity contribution in [3.63, 3.8) is 0 Å². The molecule has 0 bridgehead atoms. The molecule has 1 N–H and O–H groups in total. The molecule has 0 atom stereocenters. The summed E-state index contributed by atoms with van der Waals surface area (Å²) in [5.74, 6) is 0.418. The first-order valence-electron chi connectivity index (χ1n) is 6.94. The molecule has 2 heterocycles. The Kier molecular flexibility index (Phi) is 4.06. The van der Waals surface area contributed by atoms with Gasteiger partial charge >= 0.3 is 0 Å².